The molecule has 2 unspecified atom stereocenters. The third-order valence-corrected chi connectivity index (χ3v) is 6.89. The van der Waals surface area contributed by atoms with Crippen molar-refractivity contribution in [2.75, 3.05) is 0 Å². The van der Waals surface area contributed by atoms with Crippen LogP contribution < -0.4 is 0 Å². The number of alkyl halides is 1. The smallest absolute Gasteiger partial charge is 0.0330 e. The molecule has 0 nitrogen and oxygen atoms in total. The molecule has 4 aliphatic rings. The van der Waals surface area contributed by atoms with Gasteiger partial charge in [0.05, 0.1) is 0 Å². The van der Waals surface area contributed by atoms with Gasteiger partial charge in [-0.2, -0.15) is 0 Å². The van der Waals surface area contributed by atoms with Gasteiger partial charge in [-0.15, -0.1) is 0 Å². The summed E-state index contributed by atoms with van der Waals surface area (Å²) in [6.45, 7) is 0. The first-order valence-corrected chi connectivity index (χ1v) is 7.28. The molecular formula is C15H17Br. The summed E-state index contributed by atoms with van der Waals surface area (Å²) >= 11 is 4.02. The minimum atomic E-state index is 0.583. The lowest BCUT2D eigenvalue weighted by Gasteiger charge is -2.82. The number of rotatable bonds is 2. The van der Waals surface area contributed by atoms with E-state index in [2.05, 4.69) is 46.3 Å². The van der Waals surface area contributed by atoms with Crippen molar-refractivity contribution >= 4 is 15.9 Å². The molecule has 1 aromatic carbocycles. The molecule has 0 aliphatic heterocycles. The molecule has 4 bridgehead atoms. The minimum absolute atomic E-state index is 0.583. The highest BCUT2D eigenvalue weighted by atomic mass is 79.9. The maximum absolute atomic E-state index is 4.02. The monoisotopic (exact) mass is 276 g/mol. The number of hydrogen-bond acceptors (Lipinski definition) is 0. The first-order valence-electron chi connectivity index (χ1n) is 6.49. The SMILES string of the molecule is BrC12CC3(Cc4ccccc4)C1CCCC23. The Labute approximate surface area is 106 Å². The van der Waals surface area contributed by atoms with Crippen molar-refractivity contribution in [2.45, 2.75) is 36.4 Å². The highest BCUT2D eigenvalue weighted by Gasteiger charge is 2.80. The molecule has 4 aliphatic carbocycles. The van der Waals surface area contributed by atoms with Crippen LogP contribution in [0.1, 0.15) is 31.2 Å². The highest BCUT2D eigenvalue weighted by Crippen LogP contribution is 2.84. The van der Waals surface area contributed by atoms with Crippen molar-refractivity contribution in [3.8, 4) is 0 Å². The lowest BCUT2D eigenvalue weighted by atomic mass is 9.27. The molecule has 0 saturated heterocycles. The van der Waals surface area contributed by atoms with Crippen LogP contribution in [0.2, 0.25) is 0 Å². The van der Waals surface area contributed by atoms with E-state index < -0.39 is 0 Å². The van der Waals surface area contributed by atoms with Crippen molar-refractivity contribution in [1.29, 1.82) is 0 Å². The average Bonchev–Trinajstić information content (AvgIpc) is 2.30. The van der Waals surface area contributed by atoms with Crippen LogP contribution in [0.5, 0.6) is 0 Å². The summed E-state index contributed by atoms with van der Waals surface area (Å²) < 4.78 is 0.583. The van der Waals surface area contributed by atoms with Gasteiger partial charge in [0.15, 0.2) is 0 Å². The van der Waals surface area contributed by atoms with Crippen LogP contribution in [0.25, 0.3) is 0 Å². The van der Waals surface area contributed by atoms with E-state index in [1.807, 2.05) is 0 Å². The predicted octanol–water partition coefficient (Wildman–Crippen LogP) is 4.18. The number of halogens is 1. The number of hydrogen-bond donors (Lipinski definition) is 0. The second kappa shape index (κ2) is 2.93. The van der Waals surface area contributed by atoms with Crippen LogP contribution in [-0.2, 0) is 6.42 Å². The van der Waals surface area contributed by atoms with Gasteiger partial charge in [0.1, 0.15) is 0 Å². The van der Waals surface area contributed by atoms with Gasteiger partial charge in [0.2, 0.25) is 0 Å². The first kappa shape index (κ1) is 9.70. The van der Waals surface area contributed by atoms with Gasteiger partial charge in [-0.3, -0.25) is 0 Å². The Morgan fingerprint density at radius 2 is 1.81 bits per heavy atom. The van der Waals surface area contributed by atoms with E-state index in [1.54, 1.807) is 5.56 Å². The normalized spacial score (nSPS) is 48.1. The van der Waals surface area contributed by atoms with E-state index in [4.69, 9.17) is 0 Å². The van der Waals surface area contributed by atoms with Crippen LogP contribution in [0.15, 0.2) is 30.3 Å². The van der Waals surface area contributed by atoms with Gasteiger partial charge in [-0.05, 0) is 48.5 Å². The van der Waals surface area contributed by atoms with E-state index in [-0.39, 0.29) is 0 Å². The Hall–Kier alpha value is -0.300. The van der Waals surface area contributed by atoms with Crippen LogP contribution in [0, 0.1) is 17.3 Å². The van der Waals surface area contributed by atoms with Crippen molar-refractivity contribution in [1.82, 2.24) is 0 Å². The Morgan fingerprint density at radius 1 is 1.12 bits per heavy atom. The van der Waals surface area contributed by atoms with Crippen LogP contribution in [0.3, 0.4) is 0 Å². The van der Waals surface area contributed by atoms with Gasteiger partial charge in [-0.25, -0.2) is 0 Å². The molecule has 1 heteroatoms. The van der Waals surface area contributed by atoms with Crippen LogP contribution in [0.4, 0.5) is 0 Å². The third kappa shape index (κ3) is 0.932. The fourth-order valence-corrected chi connectivity index (χ4v) is 6.84. The molecule has 0 radical (unpaired) electrons. The summed E-state index contributed by atoms with van der Waals surface area (Å²) in [5.41, 5.74) is 2.25. The molecule has 0 amide bonds. The Balaban J connectivity index is 1.62. The van der Waals surface area contributed by atoms with E-state index in [0.29, 0.717) is 9.74 Å². The van der Waals surface area contributed by atoms with Crippen molar-refractivity contribution in [3.05, 3.63) is 35.9 Å². The van der Waals surface area contributed by atoms with Gasteiger partial charge in [0, 0.05) is 4.32 Å². The van der Waals surface area contributed by atoms with Gasteiger partial charge in [-0.1, -0.05) is 52.7 Å². The van der Waals surface area contributed by atoms with Gasteiger partial charge < -0.3 is 0 Å². The van der Waals surface area contributed by atoms with Gasteiger partial charge in [0.25, 0.3) is 0 Å². The summed E-state index contributed by atoms with van der Waals surface area (Å²) in [6.07, 6.45) is 7.17. The summed E-state index contributed by atoms with van der Waals surface area (Å²) in [5.74, 6) is 1.97. The molecule has 5 rings (SSSR count). The standard InChI is InChI=1S/C15H17Br/c16-15-10-14(9-11-5-2-1-3-6-11)12(15)7-4-8-13(14)15/h1-3,5-6,12-13H,4,7-10H2. The Bertz CT molecular complexity index is 410. The van der Waals surface area contributed by atoms with Crippen LogP contribution in [-0.4, -0.2) is 4.32 Å². The molecule has 1 aromatic rings. The zero-order chi connectivity index (χ0) is 10.8. The fraction of sp³-hybridized carbons (Fsp3) is 0.600. The summed E-state index contributed by atoms with van der Waals surface area (Å²) in [6, 6.07) is 11.1. The molecule has 4 saturated carbocycles. The molecule has 2 atom stereocenters. The van der Waals surface area contributed by atoms with E-state index >= 15 is 0 Å². The van der Waals surface area contributed by atoms with Gasteiger partial charge >= 0.3 is 0 Å². The van der Waals surface area contributed by atoms with Crippen molar-refractivity contribution in [2.24, 2.45) is 17.3 Å². The maximum Gasteiger partial charge on any atom is 0.0330 e. The predicted molar refractivity (Wildman–Crippen MR) is 69.7 cm³/mol. The lowest BCUT2D eigenvalue weighted by molar-refractivity contribution is -0.254. The molecule has 0 N–H and O–H groups in total. The average molecular weight is 277 g/mol. The summed E-state index contributed by atoms with van der Waals surface area (Å²) in [4.78, 5) is 0. The van der Waals surface area contributed by atoms with E-state index in [1.165, 1.54) is 32.1 Å². The minimum Gasteiger partial charge on any atom is -0.0847 e. The number of benzene rings is 1. The summed E-state index contributed by atoms with van der Waals surface area (Å²) in [5, 5.41) is 0. The van der Waals surface area contributed by atoms with Crippen molar-refractivity contribution in [3.63, 3.8) is 0 Å². The van der Waals surface area contributed by atoms with E-state index in [9.17, 15) is 0 Å². The highest BCUT2D eigenvalue weighted by molar-refractivity contribution is 9.10. The van der Waals surface area contributed by atoms with Crippen LogP contribution >= 0.6 is 15.9 Å². The molecule has 0 spiro atoms. The fourth-order valence-electron chi connectivity index (χ4n) is 4.95. The first-order chi connectivity index (χ1) is 7.76. The lowest BCUT2D eigenvalue weighted by Crippen LogP contribution is -2.81. The Kier molecular flexibility index (Phi) is 1.78. The topological polar surface area (TPSA) is 0 Å². The summed E-state index contributed by atoms with van der Waals surface area (Å²) in [7, 11) is 0. The maximum atomic E-state index is 4.02. The zero-order valence-corrected chi connectivity index (χ0v) is 11.0. The van der Waals surface area contributed by atoms with E-state index in [0.717, 1.165) is 11.8 Å². The molecule has 16 heavy (non-hydrogen) atoms. The Morgan fingerprint density at radius 3 is 2.44 bits per heavy atom. The molecular weight excluding hydrogens is 260 g/mol. The largest absolute Gasteiger partial charge is 0.0847 e. The zero-order valence-electron chi connectivity index (χ0n) is 9.45. The molecule has 84 valence electrons. The third-order valence-electron chi connectivity index (χ3n) is 5.51. The second-order valence-electron chi connectivity index (χ2n) is 6.04. The molecule has 0 heterocycles. The quantitative estimate of drug-likeness (QED) is 0.711. The second-order valence-corrected chi connectivity index (χ2v) is 7.51. The molecule has 0 aromatic heterocycles. The molecule has 4 fully saturated rings. The van der Waals surface area contributed by atoms with Crippen molar-refractivity contribution < 1.29 is 0 Å².